The van der Waals surface area contributed by atoms with E-state index in [1.165, 1.54) is 4.90 Å². The summed E-state index contributed by atoms with van der Waals surface area (Å²) in [6.45, 7) is 0. The molecule has 2 aliphatic heterocycles. The molecule has 1 unspecified atom stereocenters. The number of rotatable bonds is 1. The summed E-state index contributed by atoms with van der Waals surface area (Å²) in [5.74, 6) is -1.35. The molecule has 0 radical (unpaired) electrons. The van der Waals surface area contributed by atoms with Crippen LogP contribution in [0.25, 0.3) is 10.8 Å². The number of pyridine rings is 1. The molecule has 22 heavy (non-hydrogen) atoms. The van der Waals surface area contributed by atoms with Crippen molar-refractivity contribution in [2.75, 3.05) is 4.90 Å². The predicted octanol–water partition coefficient (Wildman–Crippen LogP) is 0.293. The Kier molecular flexibility index (Phi) is 2.47. The molecule has 0 spiro atoms. The zero-order valence-corrected chi connectivity index (χ0v) is 11.4. The highest BCUT2D eigenvalue weighted by molar-refractivity contribution is 6.26. The number of anilines is 1. The summed E-state index contributed by atoms with van der Waals surface area (Å²) in [6, 6.07) is 4.49. The number of aromatic nitrogens is 1. The van der Waals surface area contributed by atoms with E-state index in [1.54, 1.807) is 24.4 Å². The fourth-order valence-electron chi connectivity index (χ4n) is 3.15. The minimum atomic E-state index is -0.775. The van der Waals surface area contributed by atoms with Gasteiger partial charge in [-0.25, -0.2) is 0 Å². The molecular weight excluding hydrogens is 286 g/mol. The number of H-pyrrole nitrogens is 1. The molecule has 1 saturated heterocycles. The molecule has 1 fully saturated rings. The van der Waals surface area contributed by atoms with E-state index in [4.69, 9.17) is 0 Å². The maximum Gasteiger partial charge on any atom is 0.265 e. The van der Waals surface area contributed by atoms with Gasteiger partial charge in [0.1, 0.15) is 11.6 Å². The van der Waals surface area contributed by atoms with Crippen molar-refractivity contribution >= 4 is 34.2 Å². The second-order valence-corrected chi connectivity index (χ2v) is 5.38. The van der Waals surface area contributed by atoms with E-state index in [0.717, 1.165) is 5.39 Å². The maximum atomic E-state index is 12.7. The predicted molar refractivity (Wildman–Crippen MR) is 77.5 cm³/mol. The number of nitrogens with zero attached hydrogens (tertiary/aromatic N) is 1. The van der Waals surface area contributed by atoms with Gasteiger partial charge in [-0.15, -0.1) is 0 Å². The lowest BCUT2D eigenvalue weighted by molar-refractivity contribution is -0.134. The van der Waals surface area contributed by atoms with Gasteiger partial charge in [-0.2, -0.15) is 0 Å². The standard InChI is InChI=1S/C15H11N3O4/c19-10-5-4-9(13(20)17-10)18-8-3-1-2-7-6-16-14(21)12(11(7)8)15(18)22/h1-3,6,9H,4-5H2,(H,16,21)(H,17,19,20). The van der Waals surface area contributed by atoms with Gasteiger partial charge in [-0.1, -0.05) is 12.1 Å². The quantitative estimate of drug-likeness (QED) is 0.739. The van der Waals surface area contributed by atoms with Crippen LogP contribution in [-0.2, 0) is 9.59 Å². The molecule has 4 rings (SSSR count). The highest BCUT2D eigenvalue weighted by Crippen LogP contribution is 2.37. The largest absolute Gasteiger partial charge is 0.328 e. The molecule has 1 aromatic carbocycles. The van der Waals surface area contributed by atoms with Crippen molar-refractivity contribution in [2.24, 2.45) is 0 Å². The number of amides is 3. The van der Waals surface area contributed by atoms with Crippen molar-refractivity contribution in [1.29, 1.82) is 0 Å². The van der Waals surface area contributed by atoms with Gasteiger partial charge in [-0.3, -0.25) is 29.4 Å². The number of hydrogen-bond acceptors (Lipinski definition) is 4. The van der Waals surface area contributed by atoms with Crippen LogP contribution in [0.1, 0.15) is 23.2 Å². The van der Waals surface area contributed by atoms with Gasteiger partial charge in [0.05, 0.1) is 5.69 Å². The Morgan fingerprint density at radius 1 is 1.14 bits per heavy atom. The van der Waals surface area contributed by atoms with Crippen LogP contribution in [0.5, 0.6) is 0 Å². The van der Waals surface area contributed by atoms with Gasteiger partial charge < -0.3 is 4.98 Å². The minimum absolute atomic E-state index is 0.0535. The van der Waals surface area contributed by atoms with Gasteiger partial charge in [-0.05, 0) is 12.5 Å². The van der Waals surface area contributed by atoms with E-state index in [2.05, 4.69) is 10.3 Å². The Bertz CT molecular complexity index is 915. The molecule has 3 amide bonds. The molecular formula is C15H11N3O4. The van der Waals surface area contributed by atoms with Crippen molar-refractivity contribution in [3.05, 3.63) is 40.3 Å². The average Bonchev–Trinajstić information content (AvgIpc) is 2.78. The summed E-state index contributed by atoms with van der Waals surface area (Å²) in [7, 11) is 0. The Morgan fingerprint density at radius 2 is 1.95 bits per heavy atom. The van der Waals surface area contributed by atoms with Crippen LogP contribution in [0.2, 0.25) is 0 Å². The van der Waals surface area contributed by atoms with Crippen LogP contribution in [0.3, 0.4) is 0 Å². The Labute approximate surface area is 123 Å². The molecule has 110 valence electrons. The number of aromatic amines is 1. The lowest BCUT2D eigenvalue weighted by Gasteiger charge is -2.30. The maximum absolute atomic E-state index is 12.7. The Balaban J connectivity index is 1.91. The van der Waals surface area contributed by atoms with Crippen LogP contribution in [-0.4, -0.2) is 28.7 Å². The average molecular weight is 297 g/mol. The van der Waals surface area contributed by atoms with Gasteiger partial charge in [0.25, 0.3) is 11.5 Å². The SMILES string of the molecule is O=C1CCC(N2C(=O)c3c(=O)[nH]cc4cccc2c34)C(=O)N1. The number of nitrogens with one attached hydrogen (secondary N) is 2. The van der Waals surface area contributed by atoms with E-state index >= 15 is 0 Å². The third kappa shape index (κ3) is 1.56. The van der Waals surface area contributed by atoms with Crippen molar-refractivity contribution in [1.82, 2.24) is 10.3 Å². The summed E-state index contributed by atoms with van der Waals surface area (Å²) in [5, 5.41) is 3.53. The normalized spacial score (nSPS) is 20.6. The van der Waals surface area contributed by atoms with Crippen molar-refractivity contribution < 1.29 is 14.4 Å². The van der Waals surface area contributed by atoms with Gasteiger partial charge in [0.15, 0.2) is 0 Å². The third-order valence-electron chi connectivity index (χ3n) is 4.12. The van der Waals surface area contributed by atoms with E-state index in [0.29, 0.717) is 11.1 Å². The fourth-order valence-corrected chi connectivity index (χ4v) is 3.15. The highest BCUT2D eigenvalue weighted by Gasteiger charge is 2.41. The third-order valence-corrected chi connectivity index (χ3v) is 4.12. The zero-order chi connectivity index (χ0) is 15.4. The first kappa shape index (κ1) is 12.8. The van der Waals surface area contributed by atoms with E-state index in [9.17, 15) is 19.2 Å². The lowest BCUT2D eigenvalue weighted by Crippen LogP contribution is -2.54. The first-order valence-electron chi connectivity index (χ1n) is 6.89. The number of imide groups is 1. The Hall–Kier alpha value is -2.96. The van der Waals surface area contributed by atoms with Crippen LogP contribution < -0.4 is 15.8 Å². The van der Waals surface area contributed by atoms with Crippen LogP contribution in [0.15, 0.2) is 29.2 Å². The second kappa shape index (κ2) is 4.27. The first-order chi connectivity index (χ1) is 10.6. The van der Waals surface area contributed by atoms with Gasteiger partial charge in [0.2, 0.25) is 11.8 Å². The molecule has 1 atom stereocenters. The molecule has 7 heteroatoms. The van der Waals surface area contributed by atoms with E-state index < -0.39 is 23.4 Å². The molecule has 0 saturated carbocycles. The molecule has 0 aliphatic carbocycles. The fraction of sp³-hybridized carbons (Fsp3) is 0.200. The van der Waals surface area contributed by atoms with Crippen LogP contribution >= 0.6 is 0 Å². The molecule has 1 aromatic heterocycles. The molecule has 2 aromatic rings. The first-order valence-corrected chi connectivity index (χ1v) is 6.89. The summed E-state index contributed by atoms with van der Waals surface area (Å²) in [6.07, 6.45) is 1.97. The van der Waals surface area contributed by atoms with Crippen molar-refractivity contribution in [3.8, 4) is 0 Å². The molecule has 2 N–H and O–H groups in total. The van der Waals surface area contributed by atoms with Crippen LogP contribution in [0, 0.1) is 0 Å². The number of carbonyl (C=O) groups is 3. The monoisotopic (exact) mass is 297 g/mol. The molecule has 3 heterocycles. The smallest absolute Gasteiger partial charge is 0.265 e. The molecule has 2 aliphatic rings. The highest BCUT2D eigenvalue weighted by atomic mass is 16.2. The minimum Gasteiger partial charge on any atom is -0.328 e. The van der Waals surface area contributed by atoms with Crippen molar-refractivity contribution in [3.63, 3.8) is 0 Å². The lowest BCUT2D eigenvalue weighted by atomic mass is 10.0. The summed E-state index contributed by atoms with van der Waals surface area (Å²) in [5.41, 5.74) is 0.121. The number of benzene rings is 1. The molecule has 0 bridgehead atoms. The van der Waals surface area contributed by atoms with E-state index in [-0.39, 0.29) is 24.3 Å². The zero-order valence-electron chi connectivity index (χ0n) is 11.4. The van der Waals surface area contributed by atoms with Gasteiger partial charge in [0, 0.05) is 23.4 Å². The van der Waals surface area contributed by atoms with Gasteiger partial charge >= 0.3 is 0 Å². The molecule has 7 nitrogen and oxygen atoms in total. The number of carbonyl (C=O) groups excluding carboxylic acids is 3. The van der Waals surface area contributed by atoms with E-state index in [1.807, 2.05) is 0 Å². The topological polar surface area (TPSA) is 99.3 Å². The second-order valence-electron chi connectivity index (χ2n) is 5.38. The number of piperidine rings is 1. The van der Waals surface area contributed by atoms with Crippen LogP contribution in [0.4, 0.5) is 5.69 Å². The van der Waals surface area contributed by atoms with Crippen molar-refractivity contribution in [2.45, 2.75) is 18.9 Å². The Morgan fingerprint density at radius 3 is 2.73 bits per heavy atom. The summed E-state index contributed by atoms with van der Waals surface area (Å²) >= 11 is 0. The summed E-state index contributed by atoms with van der Waals surface area (Å²) in [4.78, 5) is 51.9. The number of hydrogen-bond donors (Lipinski definition) is 2. The summed E-state index contributed by atoms with van der Waals surface area (Å²) < 4.78 is 0.